The predicted octanol–water partition coefficient (Wildman–Crippen LogP) is 0.708. The molecule has 0 saturated carbocycles. The molecule has 0 aromatic heterocycles. The van der Waals surface area contributed by atoms with Gasteiger partial charge in [0.05, 0.1) is 0 Å². The molecule has 0 aliphatic carbocycles. The Morgan fingerprint density at radius 3 is 1.91 bits per heavy atom. The van der Waals surface area contributed by atoms with Crippen LogP contribution in [0, 0.1) is 0 Å². The van der Waals surface area contributed by atoms with E-state index in [2.05, 4.69) is 0 Å². The molecule has 0 bridgehead atoms. The van der Waals surface area contributed by atoms with Crippen molar-refractivity contribution in [2.45, 2.75) is 19.0 Å². The summed E-state index contributed by atoms with van der Waals surface area (Å²) in [6.45, 7) is 0. The van der Waals surface area contributed by atoms with E-state index >= 15 is 0 Å². The van der Waals surface area contributed by atoms with Crippen molar-refractivity contribution in [1.82, 2.24) is 5.73 Å². The molecule has 0 aliphatic rings. The van der Waals surface area contributed by atoms with Gasteiger partial charge < -0.3 is 0 Å². The molecule has 0 unspecified atom stereocenters. The van der Waals surface area contributed by atoms with Crippen LogP contribution in [0.1, 0.15) is 12.8 Å². The van der Waals surface area contributed by atoms with Crippen LogP contribution in [0.2, 0.25) is 0 Å². The van der Waals surface area contributed by atoms with Gasteiger partial charge in [-0.15, -0.1) is 0 Å². The van der Waals surface area contributed by atoms with Crippen LogP contribution in [0.3, 0.4) is 0 Å². The summed E-state index contributed by atoms with van der Waals surface area (Å²) in [5.74, 6) is -3.12. The van der Waals surface area contributed by atoms with E-state index in [0.29, 0.717) is 0 Å². The number of rotatable bonds is 3. The van der Waals surface area contributed by atoms with Crippen molar-refractivity contribution in [2.24, 2.45) is 0 Å². The third-order valence-electron chi connectivity index (χ3n) is 0.895. The van der Waals surface area contributed by atoms with Gasteiger partial charge >= 0.3 is 6.18 Å². The van der Waals surface area contributed by atoms with Crippen LogP contribution in [0.25, 0.3) is 0 Å². The first-order valence-corrected chi connectivity index (χ1v) is 2.68. The molecular weight excluding hydrogens is 163 g/mol. The van der Waals surface area contributed by atoms with Crippen LogP contribution in [0.15, 0.2) is 0 Å². The maximum atomic E-state index is 11.4. The Balaban J connectivity index is 3.80. The normalized spacial score (nSPS) is 11.2. The average Bonchev–Trinajstić information content (AvgIpc) is 1.80. The summed E-state index contributed by atoms with van der Waals surface area (Å²) in [7, 11) is 0. The fourth-order valence-corrected chi connectivity index (χ4v) is 0.369. The first-order valence-electron chi connectivity index (χ1n) is 2.68. The van der Waals surface area contributed by atoms with E-state index in [1.54, 1.807) is 0 Å². The van der Waals surface area contributed by atoms with E-state index in [9.17, 15) is 22.8 Å². The van der Waals surface area contributed by atoms with Gasteiger partial charge in [0.15, 0.2) is 0 Å². The van der Waals surface area contributed by atoms with Crippen molar-refractivity contribution in [1.29, 1.82) is 0 Å². The number of alkyl halides is 3. The molecule has 1 amide bonds. The van der Waals surface area contributed by atoms with E-state index in [0.717, 1.165) is 0 Å². The zero-order chi connectivity index (χ0) is 9.07. The fraction of sp³-hybridized carbons (Fsp3) is 0.600. The molecule has 1 N–H and O–H groups in total. The third-order valence-corrected chi connectivity index (χ3v) is 0.895. The largest absolute Gasteiger partial charge is 0.449 e. The van der Waals surface area contributed by atoms with Crippen LogP contribution in [-0.2, 0) is 9.59 Å². The van der Waals surface area contributed by atoms with E-state index in [1.165, 1.54) is 0 Å². The highest BCUT2D eigenvalue weighted by atomic mass is 19.4. The molecule has 0 heterocycles. The van der Waals surface area contributed by atoms with Gasteiger partial charge in [0.25, 0.3) is 0 Å². The van der Waals surface area contributed by atoms with Gasteiger partial charge in [0.1, 0.15) is 0 Å². The second-order valence-electron chi connectivity index (χ2n) is 1.84. The van der Waals surface area contributed by atoms with Crippen LogP contribution >= 0.6 is 0 Å². The number of halogens is 3. The van der Waals surface area contributed by atoms with Crippen molar-refractivity contribution < 1.29 is 22.8 Å². The monoisotopic (exact) mass is 168 g/mol. The number of carbonyl (C=O) groups is 2. The standard InChI is InChI=1S/C5H5F3NO2/c6-5(7,8)3(10)1-2-4(9)11/h9H,1-2H2. The van der Waals surface area contributed by atoms with Crippen molar-refractivity contribution in [3.8, 4) is 0 Å². The number of carbonyl (C=O) groups excluding carboxylic acids is 2. The maximum absolute atomic E-state index is 11.4. The Kier molecular flexibility index (Phi) is 3.03. The van der Waals surface area contributed by atoms with E-state index in [4.69, 9.17) is 5.73 Å². The Labute approximate surface area is 60.4 Å². The summed E-state index contributed by atoms with van der Waals surface area (Å²) in [5.41, 5.74) is 6.22. The van der Waals surface area contributed by atoms with E-state index < -0.39 is 30.7 Å². The molecule has 0 fully saturated rings. The lowest BCUT2D eigenvalue weighted by Crippen LogP contribution is -2.23. The molecule has 3 nitrogen and oxygen atoms in total. The second-order valence-corrected chi connectivity index (χ2v) is 1.84. The zero-order valence-corrected chi connectivity index (χ0v) is 5.36. The number of Topliss-reactive ketones (excluding diaryl/α,β-unsaturated/α-hetero) is 1. The van der Waals surface area contributed by atoms with Crippen molar-refractivity contribution in [3.63, 3.8) is 0 Å². The van der Waals surface area contributed by atoms with Crippen molar-refractivity contribution in [3.05, 3.63) is 0 Å². The number of nitrogens with one attached hydrogen (secondary N) is 1. The third kappa shape index (κ3) is 4.35. The Morgan fingerprint density at radius 1 is 1.18 bits per heavy atom. The highest BCUT2D eigenvalue weighted by Crippen LogP contribution is 2.18. The summed E-state index contributed by atoms with van der Waals surface area (Å²) < 4.78 is 34.1. The first-order chi connectivity index (χ1) is 4.84. The quantitative estimate of drug-likeness (QED) is 0.622. The fourth-order valence-electron chi connectivity index (χ4n) is 0.369. The van der Waals surface area contributed by atoms with Crippen LogP contribution in [0.4, 0.5) is 13.2 Å². The lowest BCUT2D eigenvalue weighted by atomic mass is 10.2. The molecule has 6 heteroatoms. The molecule has 0 aliphatic heterocycles. The lowest BCUT2D eigenvalue weighted by Gasteiger charge is -2.01. The molecule has 11 heavy (non-hydrogen) atoms. The number of amides is 1. The van der Waals surface area contributed by atoms with Gasteiger partial charge in [0.2, 0.25) is 11.7 Å². The molecule has 0 rings (SSSR count). The first kappa shape index (κ1) is 9.93. The van der Waals surface area contributed by atoms with Crippen LogP contribution < -0.4 is 5.73 Å². The topological polar surface area (TPSA) is 57.9 Å². The van der Waals surface area contributed by atoms with Crippen molar-refractivity contribution in [2.75, 3.05) is 0 Å². The SMILES string of the molecule is [NH]C(=O)CCC(=O)C(F)(F)F. The van der Waals surface area contributed by atoms with Gasteiger partial charge in [-0.25, -0.2) is 0 Å². The minimum absolute atomic E-state index is 0.668. The van der Waals surface area contributed by atoms with Crippen molar-refractivity contribution >= 4 is 11.7 Å². The predicted molar refractivity (Wildman–Crippen MR) is 28.4 cm³/mol. The molecule has 0 saturated heterocycles. The minimum atomic E-state index is -4.88. The summed E-state index contributed by atoms with van der Waals surface area (Å²) in [5, 5.41) is 0. The summed E-state index contributed by atoms with van der Waals surface area (Å²) in [6.07, 6.45) is -6.47. The molecule has 0 aromatic carbocycles. The summed E-state index contributed by atoms with van der Waals surface area (Å²) in [4.78, 5) is 19.8. The highest BCUT2D eigenvalue weighted by Gasteiger charge is 2.37. The maximum Gasteiger partial charge on any atom is 0.449 e. The number of hydrogen-bond donors (Lipinski definition) is 0. The molecule has 63 valence electrons. The minimum Gasteiger partial charge on any atom is -0.290 e. The van der Waals surface area contributed by atoms with E-state index in [-0.39, 0.29) is 0 Å². The highest BCUT2D eigenvalue weighted by molar-refractivity contribution is 5.87. The average molecular weight is 168 g/mol. The molecular formula is C5H5F3NO2. The Morgan fingerprint density at radius 2 is 1.64 bits per heavy atom. The summed E-state index contributed by atoms with van der Waals surface area (Å²) in [6, 6.07) is 0. The van der Waals surface area contributed by atoms with Gasteiger partial charge in [-0.3, -0.25) is 15.3 Å². The van der Waals surface area contributed by atoms with Gasteiger partial charge in [-0.2, -0.15) is 13.2 Å². The molecule has 0 spiro atoms. The lowest BCUT2D eigenvalue weighted by molar-refractivity contribution is -0.171. The summed E-state index contributed by atoms with van der Waals surface area (Å²) >= 11 is 0. The smallest absolute Gasteiger partial charge is 0.290 e. The van der Waals surface area contributed by atoms with Gasteiger partial charge in [0, 0.05) is 12.8 Å². The molecule has 0 aromatic rings. The Bertz CT molecular complexity index is 175. The second kappa shape index (κ2) is 3.36. The number of hydrogen-bond acceptors (Lipinski definition) is 2. The molecule has 1 radical (unpaired) electrons. The van der Waals surface area contributed by atoms with Crippen LogP contribution in [0.5, 0.6) is 0 Å². The van der Waals surface area contributed by atoms with Gasteiger partial charge in [-0.05, 0) is 0 Å². The molecule has 0 atom stereocenters. The van der Waals surface area contributed by atoms with Gasteiger partial charge in [-0.1, -0.05) is 0 Å². The number of ketones is 1. The Hall–Kier alpha value is -1.07. The zero-order valence-electron chi connectivity index (χ0n) is 5.36. The van der Waals surface area contributed by atoms with E-state index in [1.807, 2.05) is 0 Å². The van der Waals surface area contributed by atoms with Crippen LogP contribution in [-0.4, -0.2) is 17.9 Å².